The lowest BCUT2D eigenvalue weighted by molar-refractivity contribution is 0.0766. The number of hydrogen-bond donors (Lipinski definition) is 0. The largest absolute Gasteiger partial charge is 0.338 e. The van der Waals surface area contributed by atoms with Crippen molar-refractivity contribution in [1.29, 1.82) is 0 Å². The zero-order valence-corrected chi connectivity index (χ0v) is 17.2. The molecule has 0 saturated carbocycles. The smallest absolute Gasteiger partial charge is 0.264 e. The number of nitrogens with zero attached hydrogens (tertiary/aromatic N) is 3. The van der Waals surface area contributed by atoms with E-state index in [1.807, 2.05) is 11.8 Å². The summed E-state index contributed by atoms with van der Waals surface area (Å²) in [5, 5.41) is 0.471. The Morgan fingerprint density at radius 1 is 1.32 bits per heavy atom. The fourth-order valence-corrected chi connectivity index (χ4v) is 4.31. The van der Waals surface area contributed by atoms with Crippen LogP contribution in [-0.4, -0.2) is 33.4 Å². The van der Waals surface area contributed by atoms with Crippen molar-refractivity contribution < 1.29 is 9.18 Å². The van der Waals surface area contributed by atoms with Crippen LogP contribution >= 0.6 is 11.3 Å². The molecule has 0 aliphatic rings. The maximum Gasteiger partial charge on any atom is 0.264 e. The van der Waals surface area contributed by atoms with Crippen LogP contribution in [0.1, 0.15) is 47.5 Å². The SMILES string of the molecule is CCCCN(CC)C(=O)c1sc2ncn(Cc3cccc(F)c3)c(=O)c2c1C. The van der Waals surface area contributed by atoms with E-state index in [2.05, 4.69) is 11.9 Å². The van der Waals surface area contributed by atoms with Gasteiger partial charge in [0.1, 0.15) is 10.6 Å². The molecule has 148 valence electrons. The third-order valence-corrected chi connectivity index (χ3v) is 5.99. The van der Waals surface area contributed by atoms with Crippen molar-refractivity contribution in [2.24, 2.45) is 0 Å². The fraction of sp³-hybridized carbons (Fsp3) is 0.381. The number of benzene rings is 1. The first-order valence-electron chi connectivity index (χ1n) is 9.48. The van der Waals surface area contributed by atoms with Gasteiger partial charge in [-0.15, -0.1) is 11.3 Å². The number of unbranched alkanes of at least 4 members (excludes halogenated alkanes) is 1. The van der Waals surface area contributed by atoms with Crippen LogP contribution in [0, 0.1) is 12.7 Å². The molecule has 1 aromatic carbocycles. The van der Waals surface area contributed by atoms with Crippen molar-refractivity contribution in [2.75, 3.05) is 13.1 Å². The van der Waals surface area contributed by atoms with Gasteiger partial charge in [-0.3, -0.25) is 14.2 Å². The van der Waals surface area contributed by atoms with Gasteiger partial charge in [0.2, 0.25) is 0 Å². The molecule has 5 nitrogen and oxygen atoms in total. The summed E-state index contributed by atoms with van der Waals surface area (Å²) in [5.74, 6) is -0.390. The molecule has 3 rings (SSSR count). The maximum absolute atomic E-state index is 13.4. The summed E-state index contributed by atoms with van der Waals surface area (Å²) in [6.45, 7) is 7.42. The Balaban J connectivity index is 1.98. The quantitative estimate of drug-likeness (QED) is 0.596. The van der Waals surface area contributed by atoms with Crippen molar-refractivity contribution >= 4 is 27.5 Å². The van der Waals surface area contributed by atoms with E-state index in [1.54, 1.807) is 19.1 Å². The van der Waals surface area contributed by atoms with Gasteiger partial charge in [-0.1, -0.05) is 25.5 Å². The number of carbonyl (C=O) groups is 1. The van der Waals surface area contributed by atoms with E-state index >= 15 is 0 Å². The number of halogens is 1. The Bertz CT molecular complexity index is 1060. The lowest BCUT2D eigenvalue weighted by Crippen LogP contribution is -2.31. The zero-order valence-electron chi connectivity index (χ0n) is 16.4. The molecule has 0 saturated heterocycles. The normalized spacial score (nSPS) is 11.1. The minimum absolute atomic E-state index is 0.0486. The summed E-state index contributed by atoms with van der Waals surface area (Å²) in [4.78, 5) is 33.3. The number of fused-ring (bicyclic) bond motifs is 1. The highest BCUT2D eigenvalue weighted by atomic mass is 32.1. The molecule has 0 fully saturated rings. The average Bonchev–Trinajstić information content (AvgIpc) is 3.02. The molecule has 0 aliphatic heterocycles. The van der Waals surface area contributed by atoms with Crippen molar-refractivity contribution in [3.63, 3.8) is 0 Å². The molecule has 7 heteroatoms. The summed E-state index contributed by atoms with van der Waals surface area (Å²) >= 11 is 1.27. The lowest BCUT2D eigenvalue weighted by atomic mass is 10.2. The predicted octanol–water partition coefficient (Wildman–Crippen LogP) is 4.22. The number of aryl methyl sites for hydroxylation is 1. The van der Waals surface area contributed by atoms with Gasteiger partial charge in [0.25, 0.3) is 11.5 Å². The van der Waals surface area contributed by atoms with Crippen LogP contribution in [0.2, 0.25) is 0 Å². The highest BCUT2D eigenvalue weighted by Crippen LogP contribution is 2.28. The number of thiophene rings is 1. The highest BCUT2D eigenvalue weighted by Gasteiger charge is 2.22. The van der Waals surface area contributed by atoms with Gasteiger partial charge in [0.15, 0.2) is 0 Å². The van der Waals surface area contributed by atoms with Crippen molar-refractivity contribution in [2.45, 2.75) is 40.2 Å². The van der Waals surface area contributed by atoms with E-state index < -0.39 is 0 Å². The third kappa shape index (κ3) is 3.99. The molecular weight excluding hydrogens is 377 g/mol. The Hall–Kier alpha value is -2.54. The van der Waals surface area contributed by atoms with Crippen molar-refractivity contribution in [3.8, 4) is 0 Å². The summed E-state index contributed by atoms with van der Waals surface area (Å²) in [5.41, 5.74) is 1.15. The van der Waals surface area contributed by atoms with E-state index in [0.717, 1.165) is 12.8 Å². The van der Waals surface area contributed by atoms with E-state index in [9.17, 15) is 14.0 Å². The van der Waals surface area contributed by atoms with Gasteiger partial charge < -0.3 is 4.90 Å². The number of hydrogen-bond acceptors (Lipinski definition) is 4. The molecular formula is C21H24FN3O2S. The average molecular weight is 402 g/mol. The Labute approximate surface area is 167 Å². The Morgan fingerprint density at radius 3 is 2.79 bits per heavy atom. The first-order chi connectivity index (χ1) is 13.5. The van der Waals surface area contributed by atoms with Crippen LogP contribution < -0.4 is 5.56 Å². The highest BCUT2D eigenvalue weighted by molar-refractivity contribution is 7.20. The second kappa shape index (κ2) is 8.65. The molecule has 0 radical (unpaired) electrons. The molecule has 0 spiro atoms. The predicted molar refractivity (Wildman–Crippen MR) is 111 cm³/mol. The molecule has 0 unspecified atom stereocenters. The molecule has 28 heavy (non-hydrogen) atoms. The number of carbonyl (C=O) groups excluding carboxylic acids is 1. The summed E-state index contributed by atoms with van der Waals surface area (Å²) in [6, 6.07) is 6.15. The number of rotatable bonds is 7. The van der Waals surface area contributed by atoms with Crippen LogP contribution in [0.4, 0.5) is 4.39 Å². The fourth-order valence-electron chi connectivity index (χ4n) is 3.20. The summed E-state index contributed by atoms with van der Waals surface area (Å²) < 4.78 is 14.9. The van der Waals surface area contributed by atoms with E-state index in [0.29, 0.717) is 39.3 Å². The first-order valence-corrected chi connectivity index (χ1v) is 10.3. The molecule has 0 aliphatic carbocycles. The Kier molecular flexibility index (Phi) is 6.24. The van der Waals surface area contributed by atoms with E-state index in [4.69, 9.17) is 0 Å². The second-order valence-electron chi connectivity index (χ2n) is 6.78. The van der Waals surface area contributed by atoms with Crippen LogP contribution in [0.15, 0.2) is 35.4 Å². The molecule has 2 aromatic heterocycles. The number of amides is 1. The zero-order chi connectivity index (χ0) is 20.3. The van der Waals surface area contributed by atoms with Gasteiger partial charge in [0.05, 0.1) is 23.1 Å². The van der Waals surface area contributed by atoms with Gasteiger partial charge in [-0.2, -0.15) is 0 Å². The second-order valence-corrected chi connectivity index (χ2v) is 7.78. The molecule has 0 N–H and O–H groups in total. The van der Waals surface area contributed by atoms with Crippen molar-refractivity contribution in [1.82, 2.24) is 14.5 Å². The minimum atomic E-state index is -0.342. The maximum atomic E-state index is 13.4. The van der Waals surface area contributed by atoms with Crippen LogP contribution in [0.3, 0.4) is 0 Å². The van der Waals surface area contributed by atoms with Gasteiger partial charge in [-0.05, 0) is 43.5 Å². The number of aromatic nitrogens is 2. The molecule has 3 aromatic rings. The molecule has 1 amide bonds. The van der Waals surface area contributed by atoms with Gasteiger partial charge >= 0.3 is 0 Å². The van der Waals surface area contributed by atoms with Crippen LogP contribution in [-0.2, 0) is 6.54 Å². The summed E-state index contributed by atoms with van der Waals surface area (Å²) in [6.07, 6.45) is 3.43. The van der Waals surface area contributed by atoms with Crippen LogP contribution in [0.25, 0.3) is 10.2 Å². The van der Waals surface area contributed by atoms with Crippen molar-refractivity contribution in [3.05, 3.63) is 62.8 Å². The van der Waals surface area contributed by atoms with Crippen LogP contribution in [0.5, 0.6) is 0 Å². The minimum Gasteiger partial charge on any atom is -0.338 e. The topological polar surface area (TPSA) is 55.2 Å². The molecule has 0 bridgehead atoms. The van der Waals surface area contributed by atoms with E-state index in [-0.39, 0.29) is 23.8 Å². The molecule has 0 atom stereocenters. The molecule has 2 heterocycles. The first kappa shape index (κ1) is 20.2. The summed E-state index contributed by atoms with van der Waals surface area (Å²) in [7, 11) is 0. The monoisotopic (exact) mass is 401 g/mol. The Morgan fingerprint density at radius 2 is 2.11 bits per heavy atom. The van der Waals surface area contributed by atoms with Gasteiger partial charge in [0, 0.05) is 13.1 Å². The van der Waals surface area contributed by atoms with Gasteiger partial charge in [-0.25, -0.2) is 9.37 Å². The lowest BCUT2D eigenvalue weighted by Gasteiger charge is -2.20. The van der Waals surface area contributed by atoms with E-state index in [1.165, 1.54) is 34.4 Å². The third-order valence-electron chi connectivity index (χ3n) is 4.80. The standard InChI is InChI=1S/C21H24FN3O2S/c1-4-6-10-24(5-2)21(27)18-14(3)17-19(28-18)23-13-25(20(17)26)12-15-8-7-9-16(22)11-15/h7-9,11,13H,4-6,10,12H2,1-3H3.